The summed E-state index contributed by atoms with van der Waals surface area (Å²) < 4.78 is 28.0. The van der Waals surface area contributed by atoms with Crippen molar-refractivity contribution in [1.82, 2.24) is 23.8 Å². The Hall–Kier alpha value is -3.22. The number of imidazole rings is 2. The van der Waals surface area contributed by atoms with Crippen LogP contribution in [0.1, 0.15) is 30.0 Å². The topological polar surface area (TPSA) is 106 Å². The van der Waals surface area contributed by atoms with E-state index < -0.39 is 10.9 Å². The first kappa shape index (κ1) is 16.9. The van der Waals surface area contributed by atoms with Gasteiger partial charge in [0.05, 0.1) is 33.7 Å². The summed E-state index contributed by atoms with van der Waals surface area (Å²) in [7, 11) is -2.63. The standard InChI is InChI=1S/C19H16N6O2S/c20-9-12-1-5-15-18(8-12)25(14-3-4-14)19(23-15)24-11-21-16-7-13(2-6-17(16)24)10-22-28(26)27/h1-2,5-8,11,14,28H,3-4,10H2,(H,22,26,27). The lowest BCUT2D eigenvalue weighted by molar-refractivity contribution is 0.601. The minimum atomic E-state index is -2.63. The predicted octanol–water partition coefficient (Wildman–Crippen LogP) is 2.20. The van der Waals surface area contributed by atoms with Gasteiger partial charge in [0.15, 0.2) is 0 Å². The van der Waals surface area contributed by atoms with Crippen molar-refractivity contribution in [2.24, 2.45) is 0 Å². The van der Waals surface area contributed by atoms with Crippen LogP contribution in [0.5, 0.6) is 0 Å². The number of hydrogen-bond acceptors (Lipinski definition) is 5. The molecule has 0 aliphatic heterocycles. The molecule has 9 heteroatoms. The van der Waals surface area contributed by atoms with Crippen LogP contribution >= 0.6 is 0 Å². The van der Waals surface area contributed by atoms with Crippen molar-refractivity contribution in [2.45, 2.75) is 25.4 Å². The van der Waals surface area contributed by atoms with E-state index >= 15 is 0 Å². The Morgan fingerprint density at radius 3 is 2.75 bits per heavy atom. The van der Waals surface area contributed by atoms with Gasteiger partial charge in [-0.15, -0.1) is 0 Å². The van der Waals surface area contributed by atoms with Crippen LogP contribution in [0.15, 0.2) is 42.7 Å². The molecule has 0 spiro atoms. The Labute approximate surface area is 162 Å². The number of nitrogens with one attached hydrogen (secondary N) is 1. The molecule has 2 aromatic heterocycles. The van der Waals surface area contributed by atoms with Crippen molar-refractivity contribution < 1.29 is 8.42 Å². The number of hydrogen-bond donors (Lipinski definition) is 2. The fraction of sp³-hybridized carbons (Fsp3) is 0.211. The van der Waals surface area contributed by atoms with E-state index in [1.807, 2.05) is 34.9 Å². The van der Waals surface area contributed by atoms with Crippen molar-refractivity contribution in [3.05, 3.63) is 53.9 Å². The van der Waals surface area contributed by atoms with Crippen molar-refractivity contribution in [3.8, 4) is 12.0 Å². The fourth-order valence-electron chi connectivity index (χ4n) is 3.50. The molecule has 140 valence electrons. The molecule has 0 radical (unpaired) electrons. The van der Waals surface area contributed by atoms with E-state index in [1.165, 1.54) is 0 Å². The van der Waals surface area contributed by atoms with Gasteiger partial charge in [-0.05, 0) is 48.7 Å². The van der Waals surface area contributed by atoms with Gasteiger partial charge in [-0.2, -0.15) is 5.26 Å². The number of fused-ring (bicyclic) bond motifs is 2. The molecule has 0 unspecified atom stereocenters. The quantitative estimate of drug-likeness (QED) is 0.507. The maximum Gasteiger partial charge on any atom is 0.216 e. The second kappa shape index (κ2) is 6.44. The molecule has 0 amide bonds. The van der Waals surface area contributed by atoms with E-state index in [-0.39, 0.29) is 6.54 Å². The van der Waals surface area contributed by atoms with Crippen LogP contribution in [0, 0.1) is 11.3 Å². The van der Waals surface area contributed by atoms with Crippen LogP contribution in [0.25, 0.3) is 28.0 Å². The summed E-state index contributed by atoms with van der Waals surface area (Å²) in [5.74, 6) is 0.781. The molecule has 1 saturated carbocycles. The van der Waals surface area contributed by atoms with Crippen LogP contribution in [0.4, 0.5) is 0 Å². The molecule has 1 fully saturated rings. The summed E-state index contributed by atoms with van der Waals surface area (Å²) in [5, 5.41) is 9.24. The highest BCUT2D eigenvalue weighted by molar-refractivity contribution is 7.70. The van der Waals surface area contributed by atoms with E-state index in [0.29, 0.717) is 11.6 Å². The van der Waals surface area contributed by atoms with Crippen LogP contribution in [-0.2, 0) is 17.4 Å². The summed E-state index contributed by atoms with van der Waals surface area (Å²) in [6, 6.07) is 13.8. The van der Waals surface area contributed by atoms with Gasteiger partial charge in [0, 0.05) is 12.6 Å². The van der Waals surface area contributed by atoms with Gasteiger partial charge in [0.25, 0.3) is 0 Å². The highest BCUT2D eigenvalue weighted by Gasteiger charge is 2.29. The smallest absolute Gasteiger partial charge is 0.216 e. The second-order valence-corrected chi connectivity index (χ2v) is 7.69. The predicted molar refractivity (Wildman–Crippen MR) is 105 cm³/mol. The third-order valence-corrected chi connectivity index (χ3v) is 5.37. The number of nitrogens with zero attached hydrogens (tertiary/aromatic N) is 5. The first-order chi connectivity index (χ1) is 13.6. The zero-order chi connectivity index (χ0) is 19.3. The SMILES string of the molecule is N#Cc1ccc2nc(-n3cnc4cc(CN[SH](=O)=O)ccc43)n(C3CC3)c2c1. The lowest BCUT2D eigenvalue weighted by atomic mass is 10.2. The van der Waals surface area contributed by atoms with Crippen LogP contribution in [-0.4, -0.2) is 27.5 Å². The van der Waals surface area contributed by atoms with E-state index in [4.69, 9.17) is 4.98 Å². The van der Waals surface area contributed by atoms with Crippen molar-refractivity contribution in [1.29, 1.82) is 5.26 Å². The van der Waals surface area contributed by atoms with Crippen LogP contribution in [0.3, 0.4) is 0 Å². The van der Waals surface area contributed by atoms with Gasteiger partial charge < -0.3 is 4.57 Å². The van der Waals surface area contributed by atoms with Crippen LogP contribution < -0.4 is 4.72 Å². The third kappa shape index (κ3) is 2.83. The summed E-state index contributed by atoms with van der Waals surface area (Å²) in [4.78, 5) is 9.29. The summed E-state index contributed by atoms with van der Waals surface area (Å²) in [6.07, 6.45) is 3.91. The normalized spacial score (nSPS) is 14.1. The van der Waals surface area contributed by atoms with E-state index in [1.54, 1.807) is 12.4 Å². The molecule has 4 aromatic rings. The first-order valence-electron chi connectivity index (χ1n) is 8.90. The molecular weight excluding hydrogens is 376 g/mol. The molecule has 2 aromatic carbocycles. The van der Waals surface area contributed by atoms with Gasteiger partial charge >= 0.3 is 0 Å². The maximum atomic E-state index is 10.7. The van der Waals surface area contributed by atoms with Gasteiger partial charge in [-0.1, -0.05) is 6.07 Å². The molecule has 0 bridgehead atoms. The number of aromatic nitrogens is 4. The maximum absolute atomic E-state index is 10.7. The number of benzene rings is 2. The molecule has 0 atom stereocenters. The van der Waals surface area contributed by atoms with Crippen LogP contribution in [0.2, 0.25) is 0 Å². The molecule has 1 aliphatic rings. The van der Waals surface area contributed by atoms with Gasteiger partial charge in [-0.25, -0.2) is 23.1 Å². The third-order valence-electron chi connectivity index (χ3n) is 4.95. The van der Waals surface area contributed by atoms with Gasteiger partial charge in [-0.3, -0.25) is 4.57 Å². The Balaban J connectivity index is 1.65. The number of rotatable bonds is 5. The van der Waals surface area contributed by atoms with Crippen molar-refractivity contribution in [2.75, 3.05) is 0 Å². The van der Waals surface area contributed by atoms with Crippen molar-refractivity contribution >= 4 is 33.0 Å². The zero-order valence-electron chi connectivity index (χ0n) is 14.7. The average Bonchev–Trinajstić information content (AvgIpc) is 3.34. The van der Waals surface area contributed by atoms with Gasteiger partial charge in [0.1, 0.15) is 6.33 Å². The first-order valence-corrected chi connectivity index (χ1v) is 10.1. The summed E-state index contributed by atoms with van der Waals surface area (Å²) >= 11 is 0. The Bertz CT molecular complexity index is 1330. The number of nitriles is 1. The lowest BCUT2D eigenvalue weighted by Gasteiger charge is -2.09. The number of thiol groups is 1. The van der Waals surface area contributed by atoms with E-state index in [2.05, 4.69) is 20.3 Å². The molecule has 2 heterocycles. The molecule has 5 rings (SSSR count). The molecule has 28 heavy (non-hydrogen) atoms. The summed E-state index contributed by atoms with van der Waals surface area (Å²) in [6.45, 7) is 0.235. The highest BCUT2D eigenvalue weighted by atomic mass is 32.2. The zero-order valence-corrected chi connectivity index (χ0v) is 15.6. The van der Waals surface area contributed by atoms with E-state index in [9.17, 15) is 13.7 Å². The lowest BCUT2D eigenvalue weighted by Crippen LogP contribution is -2.10. The Morgan fingerprint density at radius 2 is 2.00 bits per heavy atom. The summed E-state index contributed by atoms with van der Waals surface area (Å²) in [5.41, 5.74) is 4.93. The molecule has 1 aliphatic carbocycles. The van der Waals surface area contributed by atoms with E-state index in [0.717, 1.165) is 46.4 Å². The highest BCUT2D eigenvalue weighted by Crippen LogP contribution is 2.40. The minimum Gasteiger partial charge on any atom is -0.306 e. The minimum absolute atomic E-state index is 0.235. The monoisotopic (exact) mass is 392 g/mol. The molecule has 8 nitrogen and oxygen atoms in total. The van der Waals surface area contributed by atoms with Gasteiger partial charge in [0.2, 0.25) is 16.8 Å². The fourth-order valence-corrected chi connectivity index (χ4v) is 3.81. The van der Waals surface area contributed by atoms with Crippen molar-refractivity contribution in [3.63, 3.8) is 0 Å². The molecule has 1 N–H and O–H groups in total. The Kier molecular flexibility index (Phi) is 3.89. The largest absolute Gasteiger partial charge is 0.306 e. The Morgan fingerprint density at radius 1 is 1.14 bits per heavy atom. The average molecular weight is 392 g/mol. The molecular formula is C19H16N6O2S. The second-order valence-electron chi connectivity index (χ2n) is 6.86. The molecule has 0 saturated heterocycles.